The van der Waals surface area contributed by atoms with Gasteiger partial charge in [0.2, 0.25) is 5.91 Å². The number of fused-ring (bicyclic) bond motifs is 1. The SMILES string of the molecule is CSc1ncccc1C(=O)N1Cc2c(ncn2Cc2ccc([N+](=O)[O-])cc2)CC1C(=O)N1CCCN(C(N)=O)CC1. The van der Waals surface area contributed by atoms with Crippen LogP contribution in [0.25, 0.3) is 0 Å². The van der Waals surface area contributed by atoms with E-state index in [4.69, 9.17) is 5.73 Å². The number of imidazole rings is 1. The quantitative estimate of drug-likeness (QED) is 0.264. The van der Waals surface area contributed by atoms with Crippen LogP contribution < -0.4 is 5.73 Å². The first kappa shape index (κ1) is 28.1. The van der Waals surface area contributed by atoms with E-state index in [2.05, 4.69) is 9.97 Å². The topological polar surface area (TPSA) is 161 Å². The lowest BCUT2D eigenvalue weighted by molar-refractivity contribution is -0.384. The van der Waals surface area contributed by atoms with Gasteiger partial charge in [0.25, 0.3) is 11.6 Å². The number of hydrogen-bond donors (Lipinski definition) is 1. The van der Waals surface area contributed by atoms with Gasteiger partial charge in [-0.15, -0.1) is 11.8 Å². The van der Waals surface area contributed by atoms with E-state index in [0.29, 0.717) is 49.7 Å². The number of nitrogens with two attached hydrogens (primary N) is 1. The lowest BCUT2D eigenvalue weighted by atomic mass is 9.99. The van der Waals surface area contributed by atoms with Crippen LogP contribution in [0.15, 0.2) is 53.9 Å². The van der Waals surface area contributed by atoms with Crippen molar-refractivity contribution in [2.24, 2.45) is 5.73 Å². The molecule has 2 aliphatic heterocycles. The summed E-state index contributed by atoms with van der Waals surface area (Å²) in [5, 5.41) is 11.6. The number of thioether (sulfide) groups is 1. The number of non-ortho nitro benzene ring substituents is 1. The maximum Gasteiger partial charge on any atom is 0.314 e. The normalized spacial score (nSPS) is 17.1. The molecule has 1 atom stereocenters. The van der Waals surface area contributed by atoms with Crippen molar-refractivity contribution in [1.29, 1.82) is 0 Å². The van der Waals surface area contributed by atoms with Crippen molar-refractivity contribution in [1.82, 2.24) is 29.2 Å². The Morgan fingerprint density at radius 1 is 1.07 bits per heavy atom. The van der Waals surface area contributed by atoms with Crippen LogP contribution in [0.4, 0.5) is 10.5 Å². The Morgan fingerprint density at radius 3 is 2.51 bits per heavy atom. The third-order valence-electron chi connectivity index (χ3n) is 7.48. The molecule has 2 N–H and O–H groups in total. The molecule has 1 aromatic carbocycles. The number of hydrogen-bond acceptors (Lipinski definition) is 8. The summed E-state index contributed by atoms with van der Waals surface area (Å²) in [6.07, 6.45) is 5.97. The zero-order chi connectivity index (χ0) is 29.1. The van der Waals surface area contributed by atoms with Crippen LogP contribution in [0.3, 0.4) is 0 Å². The van der Waals surface area contributed by atoms with E-state index in [9.17, 15) is 24.5 Å². The molecule has 2 aromatic heterocycles. The molecule has 14 heteroatoms. The zero-order valence-electron chi connectivity index (χ0n) is 22.5. The van der Waals surface area contributed by atoms with Gasteiger partial charge in [0.1, 0.15) is 11.1 Å². The average Bonchev–Trinajstić information content (AvgIpc) is 3.19. The molecule has 0 bridgehead atoms. The Hall–Kier alpha value is -4.46. The summed E-state index contributed by atoms with van der Waals surface area (Å²) in [4.78, 5) is 64.0. The van der Waals surface area contributed by atoms with E-state index >= 15 is 0 Å². The lowest BCUT2D eigenvalue weighted by Crippen LogP contribution is -2.54. The summed E-state index contributed by atoms with van der Waals surface area (Å²) < 4.78 is 1.91. The fourth-order valence-electron chi connectivity index (χ4n) is 5.30. The summed E-state index contributed by atoms with van der Waals surface area (Å²) in [7, 11) is 0. The number of nitrogens with zero attached hydrogens (tertiary/aromatic N) is 7. The molecule has 0 aliphatic carbocycles. The largest absolute Gasteiger partial charge is 0.351 e. The molecule has 2 aliphatic rings. The van der Waals surface area contributed by atoms with Crippen LogP contribution in [0, 0.1) is 10.1 Å². The summed E-state index contributed by atoms with van der Waals surface area (Å²) in [6.45, 7) is 2.13. The first-order valence-electron chi connectivity index (χ1n) is 13.2. The molecular formula is C27H30N8O5S. The smallest absolute Gasteiger partial charge is 0.314 e. The molecule has 13 nitrogen and oxygen atoms in total. The van der Waals surface area contributed by atoms with Crippen LogP contribution in [0.1, 0.15) is 33.7 Å². The summed E-state index contributed by atoms with van der Waals surface area (Å²) in [6, 6.07) is 8.40. The molecule has 41 heavy (non-hydrogen) atoms. The fraction of sp³-hybridized carbons (Fsp3) is 0.370. The molecule has 3 aromatic rings. The van der Waals surface area contributed by atoms with E-state index in [1.165, 1.54) is 28.8 Å². The van der Waals surface area contributed by atoms with Crippen molar-refractivity contribution in [3.05, 3.63) is 81.6 Å². The van der Waals surface area contributed by atoms with Crippen molar-refractivity contribution >= 4 is 35.3 Å². The second-order valence-corrected chi connectivity index (χ2v) is 10.7. The van der Waals surface area contributed by atoms with Gasteiger partial charge in [-0.1, -0.05) is 12.1 Å². The maximum atomic E-state index is 14.0. The summed E-state index contributed by atoms with van der Waals surface area (Å²) in [5.41, 5.74) is 8.25. The molecule has 1 saturated heterocycles. The average molecular weight is 579 g/mol. The Kier molecular flexibility index (Phi) is 8.19. The highest BCUT2D eigenvalue weighted by atomic mass is 32.2. The highest BCUT2D eigenvalue weighted by molar-refractivity contribution is 7.98. The number of aromatic nitrogens is 3. The maximum absolute atomic E-state index is 14.0. The van der Waals surface area contributed by atoms with E-state index in [-0.39, 0.29) is 30.5 Å². The zero-order valence-corrected chi connectivity index (χ0v) is 23.3. The van der Waals surface area contributed by atoms with E-state index < -0.39 is 17.0 Å². The number of carbonyl (C=O) groups excluding carboxylic acids is 3. The van der Waals surface area contributed by atoms with Gasteiger partial charge < -0.3 is 25.0 Å². The number of amides is 4. The van der Waals surface area contributed by atoms with Crippen molar-refractivity contribution in [2.45, 2.75) is 37.0 Å². The van der Waals surface area contributed by atoms with Gasteiger partial charge >= 0.3 is 6.03 Å². The predicted molar refractivity (Wildman–Crippen MR) is 150 cm³/mol. The predicted octanol–water partition coefficient (Wildman–Crippen LogP) is 2.14. The number of nitro groups is 1. The molecule has 5 rings (SSSR count). The van der Waals surface area contributed by atoms with E-state index in [1.807, 2.05) is 10.8 Å². The number of benzene rings is 1. The van der Waals surface area contributed by atoms with Crippen molar-refractivity contribution < 1.29 is 19.3 Å². The minimum absolute atomic E-state index is 0.00747. The minimum Gasteiger partial charge on any atom is -0.351 e. The molecule has 4 amide bonds. The molecule has 0 radical (unpaired) electrons. The molecule has 214 valence electrons. The van der Waals surface area contributed by atoms with Gasteiger partial charge in [-0.25, -0.2) is 14.8 Å². The van der Waals surface area contributed by atoms with Crippen molar-refractivity contribution in [3.8, 4) is 0 Å². The highest BCUT2D eigenvalue weighted by Gasteiger charge is 2.40. The number of nitro benzene ring substituents is 1. The van der Waals surface area contributed by atoms with E-state index in [0.717, 1.165) is 17.0 Å². The second-order valence-electron chi connectivity index (χ2n) is 9.91. The van der Waals surface area contributed by atoms with Crippen LogP contribution in [-0.4, -0.2) is 90.5 Å². The van der Waals surface area contributed by atoms with Gasteiger partial charge in [-0.3, -0.25) is 19.7 Å². The Labute approximate surface area is 240 Å². The van der Waals surface area contributed by atoms with Gasteiger partial charge in [0, 0.05) is 57.5 Å². The Bertz CT molecular complexity index is 1480. The van der Waals surface area contributed by atoms with Crippen molar-refractivity contribution in [2.75, 3.05) is 32.4 Å². The van der Waals surface area contributed by atoms with Crippen LogP contribution in [0.5, 0.6) is 0 Å². The molecule has 1 unspecified atom stereocenters. The molecule has 0 spiro atoms. The number of rotatable bonds is 6. The highest BCUT2D eigenvalue weighted by Crippen LogP contribution is 2.29. The van der Waals surface area contributed by atoms with E-state index in [1.54, 1.807) is 46.6 Å². The molecular weight excluding hydrogens is 548 g/mol. The second kappa shape index (κ2) is 12.0. The third-order valence-corrected chi connectivity index (χ3v) is 8.19. The number of pyridine rings is 1. The first-order chi connectivity index (χ1) is 19.8. The van der Waals surface area contributed by atoms with Crippen LogP contribution >= 0.6 is 11.8 Å². The molecule has 4 heterocycles. The first-order valence-corrected chi connectivity index (χ1v) is 14.4. The van der Waals surface area contributed by atoms with Gasteiger partial charge in [0.05, 0.1) is 34.7 Å². The molecule has 0 saturated carbocycles. The van der Waals surface area contributed by atoms with Crippen molar-refractivity contribution in [3.63, 3.8) is 0 Å². The number of urea groups is 1. The number of primary amides is 1. The van der Waals surface area contributed by atoms with Gasteiger partial charge in [-0.05, 0) is 30.4 Å². The van der Waals surface area contributed by atoms with Crippen LogP contribution in [-0.2, 0) is 24.3 Å². The van der Waals surface area contributed by atoms with Gasteiger partial charge in [0.15, 0.2) is 0 Å². The Morgan fingerprint density at radius 2 is 1.80 bits per heavy atom. The molecule has 1 fully saturated rings. The monoisotopic (exact) mass is 578 g/mol. The third kappa shape index (κ3) is 5.87. The summed E-state index contributed by atoms with van der Waals surface area (Å²) in [5.74, 6) is -0.502. The number of carbonyl (C=O) groups is 3. The summed E-state index contributed by atoms with van der Waals surface area (Å²) >= 11 is 1.36. The van der Waals surface area contributed by atoms with Crippen LogP contribution in [0.2, 0.25) is 0 Å². The lowest BCUT2D eigenvalue weighted by Gasteiger charge is -2.37. The Balaban J connectivity index is 1.45. The fourth-order valence-corrected chi connectivity index (χ4v) is 5.84. The standard InChI is InChI=1S/C27H30N8O5S/c1-41-24-20(4-2-9-29-24)25(36)34-16-23-21(30-17-33(23)15-18-5-7-19(8-6-18)35(39)40)14-22(34)26(37)31-10-3-11-32(13-12-31)27(28)38/h2,4-9,17,22H,3,10-16H2,1H3,(H2,28,38). The van der Waals surface area contributed by atoms with Gasteiger partial charge in [-0.2, -0.15) is 0 Å². The minimum atomic E-state index is -0.784.